The first-order valence-electron chi connectivity index (χ1n) is 10.0. The number of anilines is 1. The molecule has 0 spiro atoms. The number of para-hydroxylation sites is 1. The first-order chi connectivity index (χ1) is 13.5. The number of carbonyl (C=O) groups is 1. The van der Waals surface area contributed by atoms with E-state index in [1.165, 1.54) is 16.6 Å². The van der Waals surface area contributed by atoms with Gasteiger partial charge >= 0.3 is 6.03 Å². The second-order valence-corrected chi connectivity index (χ2v) is 8.00. The Bertz CT molecular complexity index is 999. The fourth-order valence-electron chi connectivity index (χ4n) is 3.96. The van der Waals surface area contributed by atoms with Crippen molar-refractivity contribution in [2.75, 3.05) is 18.4 Å². The number of nitrogens with one attached hydrogen (secondary N) is 1. The Hall–Kier alpha value is -2.82. The number of nitrogens with zero attached hydrogens (tertiary/aromatic N) is 3. The van der Waals surface area contributed by atoms with Crippen molar-refractivity contribution >= 4 is 22.8 Å². The molecule has 0 bridgehead atoms. The predicted octanol–water partition coefficient (Wildman–Crippen LogP) is 4.91. The van der Waals surface area contributed by atoms with E-state index in [0.29, 0.717) is 5.92 Å². The van der Waals surface area contributed by atoms with Crippen LogP contribution in [-0.4, -0.2) is 33.6 Å². The van der Waals surface area contributed by atoms with Crippen molar-refractivity contribution in [1.82, 2.24) is 14.5 Å². The molecule has 0 saturated carbocycles. The minimum Gasteiger partial charge on any atom is -0.330 e. The predicted molar refractivity (Wildman–Crippen MR) is 114 cm³/mol. The van der Waals surface area contributed by atoms with Gasteiger partial charge in [-0.15, -0.1) is 0 Å². The molecule has 0 aliphatic carbocycles. The van der Waals surface area contributed by atoms with E-state index in [1.54, 1.807) is 0 Å². The SMILES string of the molecule is Cc1cc2ncn(CC3CCN(C(=O)Nc4ccccc4C)CC3)c2cc1C. The molecule has 0 atom stereocenters. The number of benzene rings is 2. The van der Waals surface area contributed by atoms with Crippen LogP contribution in [0.1, 0.15) is 29.5 Å². The van der Waals surface area contributed by atoms with Crippen LogP contribution in [0.15, 0.2) is 42.7 Å². The number of hydrogen-bond donors (Lipinski definition) is 1. The van der Waals surface area contributed by atoms with Crippen LogP contribution in [0.2, 0.25) is 0 Å². The maximum absolute atomic E-state index is 12.6. The van der Waals surface area contributed by atoms with Crippen molar-refractivity contribution < 1.29 is 4.79 Å². The van der Waals surface area contributed by atoms with Gasteiger partial charge in [-0.05, 0) is 74.4 Å². The Morgan fingerprint density at radius 2 is 1.79 bits per heavy atom. The monoisotopic (exact) mass is 376 g/mol. The Morgan fingerprint density at radius 1 is 1.07 bits per heavy atom. The normalized spacial score (nSPS) is 15.2. The first-order valence-corrected chi connectivity index (χ1v) is 10.0. The van der Waals surface area contributed by atoms with Crippen molar-refractivity contribution in [3.63, 3.8) is 0 Å². The number of likely N-dealkylation sites (tertiary alicyclic amines) is 1. The highest BCUT2D eigenvalue weighted by Crippen LogP contribution is 2.24. The van der Waals surface area contributed by atoms with Crippen molar-refractivity contribution in [3.8, 4) is 0 Å². The van der Waals surface area contributed by atoms with Gasteiger partial charge in [-0.2, -0.15) is 0 Å². The topological polar surface area (TPSA) is 50.2 Å². The molecule has 1 aliphatic rings. The lowest BCUT2D eigenvalue weighted by molar-refractivity contribution is 0.177. The van der Waals surface area contributed by atoms with Crippen molar-refractivity contribution in [2.45, 2.75) is 40.2 Å². The summed E-state index contributed by atoms with van der Waals surface area (Å²) in [5.74, 6) is 0.571. The lowest BCUT2D eigenvalue weighted by Crippen LogP contribution is -2.41. The van der Waals surface area contributed by atoms with Gasteiger partial charge in [0.25, 0.3) is 0 Å². The third kappa shape index (κ3) is 3.75. The van der Waals surface area contributed by atoms with Crippen molar-refractivity contribution in [1.29, 1.82) is 0 Å². The molecule has 2 heterocycles. The summed E-state index contributed by atoms with van der Waals surface area (Å²) in [7, 11) is 0. The molecule has 1 N–H and O–H groups in total. The number of piperidine rings is 1. The van der Waals surface area contributed by atoms with Crippen LogP contribution in [0.3, 0.4) is 0 Å². The number of urea groups is 1. The largest absolute Gasteiger partial charge is 0.330 e. The molecule has 146 valence electrons. The number of amides is 2. The van der Waals surface area contributed by atoms with Gasteiger partial charge in [0.15, 0.2) is 0 Å². The first kappa shape index (κ1) is 18.5. The second-order valence-electron chi connectivity index (χ2n) is 8.00. The molecule has 5 nitrogen and oxygen atoms in total. The average molecular weight is 377 g/mol. The zero-order valence-corrected chi connectivity index (χ0v) is 16.9. The van der Waals surface area contributed by atoms with Crippen LogP contribution in [0.5, 0.6) is 0 Å². The van der Waals surface area contributed by atoms with Crippen molar-refractivity contribution in [2.24, 2.45) is 5.92 Å². The molecular formula is C23H28N4O. The number of carbonyl (C=O) groups excluding carboxylic acids is 1. The van der Waals surface area contributed by atoms with E-state index in [-0.39, 0.29) is 6.03 Å². The zero-order chi connectivity index (χ0) is 19.7. The van der Waals surface area contributed by atoms with Crippen LogP contribution in [-0.2, 0) is 6.54 Å². The van der Waals surface area contributed by atoms with E-state index >= 15 is 0 Å². The molecule has 2 aromatic carbocycles. The lowest BCUT2D eigenvalue weighted by atomic mass is 9.97. The van der Waals surface area contributed by atoms with E-state index < -0.39 is 0 Å². The molecule has 2 amide bonds. The van der Waals surface area contributed by atoms with E-state index in [0.717, 1.165) is 49.2 Å². The van der Waals surface area contributed by atoms with Crippen LogP contribution in [0.4, 0.5) is 10.5 Å². The van der Waals surface area contributed by atoms with Gasteiger partial charge in [0.05, 0.1) is 17.4 Å². The minimum atomic E-state index is 0.00642. The van der Waals surface area contributed by atoms with Gasteiger partial charge in [-0.3, -0.25) is 0 Å². The fraction of sp³-hybridized carbons (Fsp3) is 0.391. The highest BCUT2D eigenvalue weighted by atomic mass is 16.2. The zero-order valence-electron chi connectivity index (χ0n) is 16.9. The molecule has 5 heteroatoms. The molecular weight excluding hydrogens is 348 g/mol. The molecule has 3 aromatic rings. The standard InChI is InChI=1S/C23H28N4O/c1-16-6-4-5-7-20(16)25-23(28)26-10-8-19(9-11-26)14-27-15-24-21-12-17(2)18(3)13-22(21)27/h4-7,12-13,15,19H,8-11,14H2,1-3H3,(H,25,28). The third-order valence-corrected chi connectivity index (χ3v) is 5.98. The van der Waals surface area contributed by atoms with Gasteiger partial charge < -0.3 is 14.8 Å². The van der Waals surface area contributed by atoms with Gasteiger partial charge in [0.1, 0.15) is 0 Å². The van der Waals surface area contributed by atoms with Crippen LogP contribution >= 0.6 is 0 Å². The van der Waals surface area contributed by atoms with E-state index in [4.69, 9.17) is 0 Å². The number of imidazole rings is 1. The fourth-order valence-corrected chi connectivity index (χ4v) is 3.96. The molecule has 1 aromatic heterocycles. The van der Waals surface area contributed by atoms with Gasteiger partial charge in [-0.25, -0.2) is 9.78 Å². The Balaban J connectivity index is 1.36. The quantitative estimate of drug-likeness (QED) is 0.706. The van der Waals surface area contributed by atoms with Gasteiger partial charge in [-0.1, -0.05) is 18.2 Å². The average Bonchev–Trinajstić information content (AvgIpc) is 3.06. The molecule has 4 rings (SSSR count). The molecule has 0 radical (unpaired) electrons. The molecule has 28 heavy (non-hydrogen) atoms. The second kappa shape index (κ2) is 7.66. The molecule has 1 saturated heterocycles. The number of aromatic nitrogens is 2. The third-order valence-electron chi connectivity index (χ3n) is 5.98. The van der Waals surface area contributed by atoms with Crippen molar-refractivity contribution in [3.05, 3.63) is 59.4 Å². The van der Waals surface area contributed by atoms with Crippen LogP contribution in [0.25, 0.3) is 11.0 Å². The summed E-state index contributed by atoms with van der Waals surface area (Å²) >= 11 is 0. The summed E-state index contributed by atoms with van der Waals surface area (Å²) in [4.78, 5) is 19.1. The highest BCUT2D eigenvalue weighted by Gasteiger charge is 2.23. The van der Waals surface area contributed by atoms with E-state index in [9.17, 15) is 4.79 Å². The van der Waals surface area contributed by atoms with E-state index in [2.05, 4.69) is 40.8 Å². The maximum atomic E-state index is 12.6. The van der Waals surface area contributed by atoms with Crippen LogP contribution < -0.4 is 5.32 Å². The number of fused-ring (bicyclic) bond motifs is 1. The lowest BCUT2D eigenvalue weighted by Gasteiger charge is -2.32. The van der Waals surface area contributed by atoms with Crippen LogP contribution in [0, 0.1) is 26.7 Å². The molecule has 1 fully saturated rings. The minimum absolute atomic E-state index is 0.00642. The van der Waals surface area contributed by atoms with E-state index in [1.807, 2.05) is 42.4 Å². The smallest absolute Gasteiger partial charge is 0.321 e. The summed E-state index contributed by atoms with van der Waals surface area (Å²) in [5.41, 5.74) is 6.84. The molecule has 1 aliphatic heterocycles. The summed E-state index contributed by atoms with van der Waals surface area (Å²) < 4.78 is 2.27. The summed E-state index contributed by atoms with van der Waals surface area (Å²) in [6.07, 6.45) is 4.00. The van der Waals surface area contributed by atoms with Gasteiger partial charge in [0.2, 0.25) is 0 Å². The Kier molecular flexibility index (Phi) is 5.07. The highest BCUT2D eigenvalue weighted by molar-refractivity contribution is 5.90. The number of aryl methyl sites for hydroxylation is 3. The summed E-state index contributed by atoms with van der Waals surface area (Å²) in [6, 6.07) is 12.3. The summed E-state index contributed by atoms with van der Waals surface area (Å²) in [6.45, 7) is 8.86. The summed E-state index contributed by atoms with van der Waals surface area (Å²) in [5, 5.41) is 3.05. The van der Waals surface area contributed by atoms with Gasteiger partial charge in [0, 0.05) is 25.3 Å². The number of rotatable bonds is 3. The maximum Gasteiger partial charge on any atom is 0.321 e. The number of hydrogen-bond acceptors (Lipinski definition) is 2. The Labute approximate surface area is 166 Å². The Morgan fingerprint density at radius 3 is 2.54 bits per heavy atom. The molecule has 0 unspecified atom stereocenters.